The molecular weight excluding hydrogens is 236 g/mol. The van der Waals surface area contributed by atoms with Gasteiger partial charge in [0.15, 0.2) is 5.96 Å². The predicted molar refractivity (Wildman–Crippen MR) is 68.7 cm³/mol. The van der Waals surface area contributed by atoms with Crippen LogP contribution < -0.4 is 5.73 Å². The van der Waals surface area contributed by atoms with Gasteiger partial charge in [0.25, 0.3) is 0 Å². The molecule has 18 heavy (non-hydrogen) atoms. The van der Waals surface area contributed by atoms with Gasteiger partial charge < -0.3 is 10.6 Å². The van der Waals surface area contributed by atoms with Crippen molar-refractivity contribution >= 4 is 5.96 Å². The van der Waals surface area contributed by atoms with Gasteiger partial charge in [-0.25, -0.2) is 8.78 Å². The number of piperidine rings is 1. The van der Waals surface area contributed by atoms with E-state index in [1.807, 2.05) is 0 Å². The molecule has 0 aromatic carbocycles. The Morgan fingerprint density at radius 3 is 2.83 bits per heavy atom. The fraction of sp³-hybridized carbons (Fsp3) is 0.923. The monoisotopic (exact) mass is 259 g/mol. The van der Waals surface area contributed by atoms with E-state index in [0.29, 0.717) is 24.8 Å². The van der Waals surface area contributed by atoms with Crippen LogP contribution in [0.25, 0.3) is 0 Å². The first kappa shape index (κ1) is 13.6. The first-order chi connectivity index (χ1) is 8.46. The highest BCUT2D eigenvalue weighted by Crippen LogP contribution is 2.38. The van der Waals surface area contributed by atoms with Crippen LogP contribution in [0.2, 0.25) is 0 Å². The third kappa shape index (κ3) is 3.56. The zero-order valence-corrected chi connectivity index (χ0v) is 11.0. The molecule has 104 valence electrons. The van der Waals surface area contributed by atoms with Gasteiger partial charge in [0.2, 0.25) is 5.92 Å². The van der Waals surface area contributed by atoms with E-state index in [-0.39, 0.29) is 18.8 Å². The molecule has 1 heterocycles. The van der Waals surface area contributed by atoms with E-state index in [2.05, 4.69) is 16.8 Å². The first-order valence-electron chi connectivity index (χ1n) is 6.89. The Morgan fingerprint density at radius 2 is 2.22 bits per heavy atom. The lowest BCUT2D eigenvalue weighted by Gasteiger charge is -2.31. The Morgan fingerprint density at radius 1 is 1.44 bits per heavy atom. The van der Waals surface area contributed by atoms with Crippen molar-refractivity contribution in [2.75, 3.05) is 19.6 Å². The van der Waals surface area contributed by atoms with Crippen molar-refractivity contribution in [1.29, 1.82) is 0 Å². The highest BCUT2D eigenvalue weighted by atomic mass is 19.3. The molecule has 2 N–H and O–H groups in total. The number of nitrogens with zero attached hydrogens (tertiary/aromatic N) is 2. The van der Waals surface area contributed by atoms with Gasteiger partial charge in [0.1, 0.15) is 0 Å². The van der Waals surface area contributed by atoms with E-state index in [9.17, 15) is 8.78 Å². The van der Waals surface area contributed by atoms with Gasteiger partial charge in [-0.05, 0) is 31.1 Å². The SMILES string of the molecule is CC1CCCN(C(N)=NCC2CCC(F)(F)C2)C1. The number of nitrogens with two attached hydrogens (primary N) is 1. The number of aliphatic imine (C=N–C) groups is 1. The van der Waals surface area contributed by atoms with Crippen molar-refractivity contribution in [1.82, 2.24) is 4.90 Å². The van der Waals surface area contributed by atoms with Crippen LogP contribution in [0, 0.1) is 11.8 Å². The summed E-state index contributed by atoms with van der Waals surface area (Å²) in [5.41, 5.74) is 5.94. The highest BCUT2D eigenvalue weighted by molar-refractivity contribution is 5.78. The van der Waals surface area contributed by atoms with E-state index < -0.39 is 5.92 Å². The molecule has 2 rings (SSSR count). The maximum Gasteiger partial charge on any atom is 0.248 e. The molecule has 0 radical (unpaired) electrons. The Kier molecular flexibility index (Phi) is 4.07. The van der Waals surface area contributed by atoms with Gasteiger partial charge in [-0.2, -0.15) is 0 Å². The third-order valence-electron chi connectivity index (χ3n) is 4.00. The molecule has 1 saturated carbocycles. The van der Waals surface area contributed by atoms with E-state index >= 15 is 0 Å². The number of rotatable bonds is 2. The van der Waals surface area contributed by atoms with E-state index in [4.69, 9.17) is 5.73 Å². The van der Waals surface area contributed by atoms with Crippen LogP contribution >= 0.6 is 0 Å². The average Bonchev–Trinajstić information content (AvgIpc) is 2.66. The minimum atomic E-state index is -2.48. The van der Waals surface area contributed by atoms with Crippen LogP contribution in [-0.2, 0) is 0 Å². The van der Waals surface area contributed by atoms with Crippen molar-refractivity contribution in [2.45, 2.75) is 45.0 Å². The molecule has 0 aromatic heterocycles. The second-order valence-corrected chi connectivity index (χ2v) is 5.86. The lowest BCUT2D eigenvalue weighted by Crippen LogP contribution is -2.43. The molecule has 0 bridgehead atoms. The van der Waals surface area contributed by atoms with Gasteiger partial charge >= 0.3 is 0 Å². The lowest BCUT2D eigenvalue weighted by molar-refractivity contribution is 0.00541. The Balaban J connectivity index is 1.82. The van der Waals surface area contributed by atoms with Crippen molar-refractivity contribution in [3.63, 3.8) is 0 Å². The van der Waals surface area contributed by atoms with Crippen LogP contribution in [0.3, 0.4) is 0 Å². The first-order valence-corrected chi connectivity index (χ1v) is 6.89. The lowest BCUT2D eigenvalue weighted by atomic mass is 10.0. The topological polar surface area (TPSA) is 41.6 Å². The molecule has 1 saturated heterocycles. The molecule has 5 heteroatoms. The van der Waals surface area contributed by atoms with Crippen molar-refractivity contribution < 1.29 is 8.78 Å². The van der Waals surface area contributed by atoms with E-state index in [0.717, 1.165) is 19.5 Å². The van der Waals surface area contributed by atoms with Gasteiger partial charge in [0.05, 0.1) is 0 Å². The Labute approximate surface area is 107 Å². The molecule has 0 aromatic rings. The van der Waals surface area contributed by atoms with Crippen LogP contribution in [0.5, 0.6) is 0 Å². The molecule has 2 aliphatic rings. The summed E-state index contributed by atoms with van der Waals surface area (Å²) in [5.74, 6) is -1.30. The van der Waals surface area contributed by atoms with Gasteiger partial charge in [-0.1, -0.05) is 6.92 Å². The molecule has 0 amide bonds. The van der Waals surface area contributed by atoms with Gasteiger partial charge in [-0.15, -0.1) is 0 Å². The second-order valence-electron chi connectivity index (χ2n) is 5.86. The molecule has 2 unspecified atom stereocenters. The molecule has 0 spiro atoms. The summed E-state index contributed by atoms with van der Waals surface area (Å²) < 4.78 is 26.1. The number of halogens is 2. The minimum Gasteiger partial charge on any atom is -0.370 e. The number of hydrogen-bond donors (Lipinski definition) is 1. The predicted octanol–water partition coefficient (Wildman–Crippen LogP) is 2.47. The summed E-state index contributed by atoms with van der Waals surface area (Å²) in [7, 11) is 0. The summed E-state index contributed by atoms with van der Waals surface area (Å²) in [5, 5.41) is 0. The summed E-state index contributed by atoms with van der Waals surface area (Å²) in [6.07, 6.45) is 2.92. The Bertz CT molecular complexity index is 317. The normalized spacial score (nSPS) is 32.8. The summed E-state index contributed by atoms with van der Waals surface area (Å²) in [4.78, 5) is 6.40. The number of alkyl halides is 2. The zero-order chi connectivity index (χ0) is 13.2. The summed E-state index contributed by atoms with van der Waals surface area (Å²) in [6, 6.07) is 0. The quantitative estimate of drug-likeness (QED) is 0.611. The molecule has 1 aliphatic carbocycles. The Hall–Kier alpha value is -0.870. The molecule has 2 atom stereocenters. The van der Waals surface area contributed by atoms with Crippen molar-refractivity contribution in [2.24, 2.45) is 22.6 Å². The summed E-state index contributed by atoms with van der Waals surface area (Å²) >= 11 is 0. The van der Waals surface area contributed by atoms with Gasteiger partial charge in [0, 0.05) is 32.5 Å². The fourth-order valence-corrected chi connectivity index (χ4v) is 2.92. The average molecular weight is 259 g/mol. The standard InChI is InChI=1S/C13H23F2N3/c1-10-3-2-6-18(9-10)12(16)17-8-11-4-5-13(14,15)7-11/h10-11H,2-9H2,1H3,(H2,16,17). The molecule has 3 nitrogen and oxygen atoms in total. The van der Waals surface area contributed by atoms with Gasteiger partial charge in [-0.3, -0.25) is 4.99 Å². The number of likely N-dealkylation sites (tertiary alicyclic amines) is 1. The minimum absolute atomic E-state index is 0.000707. The number of hydrogen-bond acceptors (Lipinski definition) is 1. The molecular formula is C13H23F2N3. The van der Waals surface area contributed by atoms with Crippen LogP contribution in [0.4, 0.5) is 8.78 Å². The molecule has 2 fully saturated rings. The third-order valence-corrected chi connectivity index (χ3v) is 4.00. The van der Waals surface area contributed by atoms with Crippen LogP contribution in [-0.4, -0.2) is 36.4 Å². The largest absolute Gasteiger partial charge is 0.370 e. The highest BCUT2D eigenvalue weighted by Gasteiger charge is 2.39. The summed E-state index contributed by atoms with van der Waals surface area (Å²) in [6.45, 7) is 4.54. The van der Waals surface area contributed by atoms with Crippen LogP contribution in [0.15, 0.2) is 4.99 Å². The van der Waals surface area contributed by atoms with E-state index in [1.54, 1.807) is 0 Å². The smallest absolute Gasteiger partial charge is 0.248 e. The van der Waals surface area contributed by atoms with Crippen molar-refractivity contribution in [3.05, 3.63) is 0 Å². The number of guanidine groups is 1. The van der Waals surface area contributed by atoms with Crippen LogP contribution in [0.1, 0.15) is 39.0 Å². The fourth-order valence-electron chi connectivity index (χ4n) is 2.92. The van der Waals surface area contributed by atoms with Crippen molar-refractivity contribution in [3.8, 4) is 0 Å². The molecule has 1 aliphatic heterocycles. The maximum atomic E-state index is 13.0. The maximum absolute atomic E-state index is 13.0. The second kappa shape index (κ2) is 5.41. The van der Waals surface area contributed by atoms with E-state index in [1.165, 1.54) is 6.42 Å². The zero-order valence-electron chi connectivity index (χ0n) is 11.0.